The van der Waals surface area contributed by atoms with Crippen molar-refractivity contribution in [1.82, 2.24) is 5.32 Å². The summed E-state index contributed by atoms with van der Waals surface area (Å²) in [7, 11) is 1.19. The van der Waals surface area contributed by atoms with Gasteiger partial charge in [-0.25, -0.2) is 0 Å². The Balaban J connectivity index is 4.99. The first-order valence-corrected chi connectivity index (χ1v) is 37.4. The van der Waals surface area contributed by atoms with Crippen LogP contribution in [-0.2, 0) is 27.9 Å². The second-order valence-corrected chi connectivity index (χ2v) is 27.2. The number of likely N-dealkylation sites (N-methyl/N-ethyl adjacent to an activating group) is 1. The van der Waals surface area contributed by atoms with Crippen molar-refractivity contribution in [1.29, 1.82) is 0 Å². The first-order chi connectivity index (χ1) is 40.4. The first-order valence-electron chi connectivity index (χ1n) is 35.9. The molecule has 0 saturated carbocycles. The van der Waals surface area contributed by atoms with Crippen LogP contribution in [0.25, 0.3) is 0 Å². The Labute approximate surface area is 516 Å². The van der Waals surface area contributed by atoms with Gasteiger partial charge in [0.2, 0.25) is 5.91 Å². The van der Waals surface area contributed by atoms with Gasteiger partial charge in [0.05, 0.1) is 33.8 Å². The topological polar surface area (TPSA) is 114 Å². The highest BCUT2D eigenvalue weighted by Crippen LogP contribution is 2.38. The Morgan fingerprint density at radius 3 is 1.12 bits per heavy atom. The van der Waals surface area contributed by atoms with Crippen molar-refractivity contribution in [3.63, 3.8) is 0 Å². The molecule has 0 aromatic heterocycles. The van der Waals surface area contributed by atoms with Gasteiger partial charge in [-0.05, 0) is 70.3 Å². The van der Waals surface area contributed by atoms with E-state index in [-0.39, 0.29) is 31.5 Å². The number of quaternary nitrogens is 1. The van der Waals surface area contributed by atoms with Crippen LogP contribution in [0.1, 0.15) is 355 Å². The average molecular weight is 1190 g/mol. The van der Waals surface area contributed by atoms with Gasteiger partial charge in [-0.1, -0.05) is 320 Å². The summed E-state index contributed by atoms with van der Waals surface area (Å²) in [6, 6.07) is -0.891. The molecule has 0 bridgehead atoms. The zero-order valence-corrected chi connectivity index (χ0v) is 56.8. The van der Waals surface area contributed by atoms with Crippen LogP contribution in [0.2, 0.25) is 0 Å². The molecule has 0 saturated heterocycles. The van der Waals surface area contributed by atoms with E-state index in [4.69, 9.17) is 13.8 Å². The lowest BCUT2D eigenvalue weighted by Crippen LogP contribution is -2.47. The number of nitrogens with one attached hydrogen (secondary N) is 1. The van der Waals surface area contributed by atoms with Crippen molar-refractivity contribution in [2.45, 2.75) is 367 Å². The van der Waals surface area contributed by atoms with Crippen molar-refractivity contribution in [2.24, 2.45) is 0 Å². The van der Waals surface area contributed by atoms with Gasteiger partial charge >= 0.3 is 5.97 Å². The number of nitrogens with zero attached hydrogens (tertiary/aromatic N) is 1. The number of hydrogen-bond acceptors (Lipinski definition) is 7. The molecule has 0 aliphatic rings. The highest BCUT2D eigenvalue weighted by atomic mass is 31.2. The molecule has 1 amide bonds. The van der Waals surface area contributed by atoms with Gasteiger partial charge in [0.15, 0.2) is 0 Å². The first kappa shape index (κ1) is 81.0. The van der Waals surface area contributed by atoms with Gasteiger partial charge in [-0.15, -0.1) is 0 Å². The summed E-state index contributed by atoms with van der Waals surface area (Å²) >= 11 is 0. The van der Waals surface area contributed by atoms with Crippen molar-refractivity contribution in [3.05, 3.63) is 48.6 Å². The van der Waals surface area contributed by atoms with Crippen LogP contribution in [0, 0.1) is 0 Å². The summed E-state index contributed by atoms with van der Waals surface area (Å²) in [5, 5.41) is 3.04. The van der Waals surface area contributed by atoms with Crippen LogP contribution < -0.4 is 10.2 Å². The van der Waals surface area contributed by atoms with E-state index in [1.807, 2.05) is 33.3 Å². The molecule has 83 heavy (non-hydrogen) atoms. The van der Waals surface area contributed by atoms with Gasteiger partial charge in [0.1, 0.15) is 19.3 Å². The van der Waals surface area contributed by atoms with E-state index in [9.17, 15) is 19.0 Å². The van der Waals surface area contributed by atoms with E-state index in [0.717, 1.165) is 83.5 Å². The van der Waals surface area contributed by atoms with E-state index in [0.29, 0.717) is 17.4 Å². The molecule has 10 heteroatoms. The molecular weight excluding hydrogens is 1050 g/mol. The number of hydrogen-bond donors (Lipinski definition) is 1. The monoisotopic (exact) mass is 1190 g/mol. The summed E-state index contributed by atoms with van der Waals surface area (Å²) in [5.74, 6) is -0.533. The highest BCUT2D eigenvalue weighted by Gasteiger charge is 2.27. The Bertz CT molecular complexity index is 1560. The number of carbonyl (C=O) groups excluding carboxylic acids is 2. The third-order valence-corrected chi connectivity index (χ3v) is 17.2. The Kier molecular flexibility index (Phi) is 61.5. The second kappa shape index (κ2) is 63.0. The minimum Gasteiger partial charge on any atom is -0.756 e. The molecule has 0 aromatic rings. The lowest BCUT2D eigenvalue weighted by atomic mass is 10.0. The maximum Gasteiger partial charge on any atom is 0.306 e. The number of phosphoric ester groups is 1. The number of esters is 1. The number of unbranched alkanes of at least 4 members (excludes halogenated alkanes) is 44. The Morgan fingerprint density at radius 1 is 0.422 bits per heavy atom. The molecule has 0 aromatic carbocycles. The van der Waals surface area contributed by atoms with Crippen LogP contribution in [0.3, 0.4) is 0 Å². The minimum atomic E-state index is -4.70. The Hall–Kier alpha value is -2.03. The number of carbonyl (C=O) groups is 2. The molecule has 0 fully saturated rings. The fourth-order valence-electron chi connectivity index (χ4n) is 10.7. The van der Waals surface area contributed by atoms with Gasteiger partial charge in [0, 0.05) is 12.8 Å². The zero-order chi connectivity index (χ0) is 60.7. The normalized spacial score (nSPS) is 13.8. The summed E-state index contributed by atoms with van der Waals surface area (Å²) in [4.78, 5) is 40.2. The fourth-order valence-corrected chi connectivity index (χ4v) is 11.4. The molecule has 3 unspecified atom stereocenters. The molecule has 9 nitrogen and oxygen atoms in total. The van der Waals surface area contributed by atoms with Crippen LogP contribution in [0.5, 0.6) is 0 Å². The number of amides is 1. The maximum atomic E-state index is 13.6. The molecule has 1 N–H and O–H groups in total. The maximum absolute atomic E-state index is 13.6. The minimum absolute atomic E-state index is 0.0226. The number of allylic oxidation sites excluding steroid dienone is 7. The van der Waals surface area contributed by atoms with Crippen molar-refractivity contribution in [2.75, 3.05) is 40.9 Å². The van der Waals surface area contributed by atoms with Crippen LogP contribution in [-0.4, -0.2) is 69.4 Å². The fraction of sp³-hybridized carbons (Fsp3) is 0.863. The van der Waals surface area contributed by atoms with Gasteiger partial charge in [0.25, 0.3) is 7.82 Å². The van der Waals surface area contributed by atoms with Gasteiger partial charge < -0.3 is 28.5 Å². The summed E-state index contributed by atoms with van der Waals surface area (Å²) < 4.78 is 30.4. The molecule has 0 aliphatic carbocycles. The number of rotatable bonds is 66. The Morgan fingerprint density at radius 2 is 0.735 bits per heavy atom. The molecule has 3 atom stereocenters. The largest absolute Gasteiger partial charge is 0.756 e. The van der Waals surface area contributed by atoms with Crippen molar-refractivity contribution >= 4 is 19.7 Å². The molecule has 0 spiro atoms. The van der Waals surface area contributed by atoms with Crippen LogP contribution in [0.4, 0.5) is 0 Å². The van der Waals surface area contributed by atoms with Crippen LogP contribution in [0.15, 0.2) is 48.6 Å². The van der Waals surface area contributed by atoms with Crippen molar-refractivity contribution in [3.8, 4) is 0 Å². The summed E-state index contributed by atoms with van der Waals surface area (Å²) in [5.41, 5.74) is 0. The van der Waals surface area contributed by atoms with Crippen LogP contribution >= 0.6 is 7.82 Å². The summed E-state index contributed by atoms with van der Waals surface area (Å²) in [6.45, 7) is 6.86. The zero-order valence-electron chi connectivity index (χ0n) is 55.9. The smallest absolute Gasteiger partial charge is 0.306 e. The summed E-state index contributed by atoms with van der Waals surface area (Å²) in [6.07, 6.45) is 79.6. The molecular formula is C73H139N2O7P. The third kappa shape index (κ3) is 64.3. The van der Waals surface area contributed by atoms with E-state index < -0.39 is 20.0 Å². The van der Waals surface area contributed by atoms with E-state index in [1.165, 1.54) is 238 Å². The quantitative estimate of drug-likeness (QED) is 0.0212. The van der Waals surface area contributed by atoms with E-state index >= 15 is 0 Å². The molecule has 0 aliphatic heterocycles. The number of ether oxygens (including phenoxy) is 1. The van der Waals surface area contributed by atoms with E-state index in [2.05, 4.69) is 62.5 Å². The van der Waals surface area contributed by atoms with Gasteiger partial charge in [-0.2, -0.15) is 0 Å². The molecule has 0 heterocycles. The molecule has 0 radical (unpaired) electrons. The lowest BCUT2D eigenvalue weighted by Gasteiger charge is -2.30. The molecule has 488 valence electrons. The van der Waals surface area contributed by atoms with Crippen molar-refractivity contribution < 1.29 is 37.3 Å². The second-order valence-electron chi connectivity index (χ2n) is 25.7. The van der Waals surface area contributed by atoms with E-state index in [1.54, 1.807) is 0 Å². The average Bonchev–Trinajstić information content (AvgIpc) is 3.51. The molecule has 0 rings (SSSR count). The number of phosphoric acid groups is 1. The predicted octanol–water partition coefficient (Wildman–Crippen LogP) is 22.2. The predicted molar refractivity (Wildman–Crippen MR) is 358 cm³/mol. The lowest BCUT2D eigenvalue weighted by molar-refractivity contribution is -0.870. The SMILES string of the molecule is CCCCC/C=C\C/C=C\C/C=C\CCCCCCCCCCC(=O)NC(COP(=O)([O-])OCC[N+](C)(C)C)C(/C=C/CCCCCCCCCCC)OC(=O)CCCCCCCCCCCCCCCCCCCCCCCCCCC. The standard InChI is InChI=1S/C73H139N2O7P/c1-7-10-13-16-19-22-25-27-29-31-33-35-36-37-38-40-42-44-46-48-51-54-57-60-63-66-73(77)82-71(64-61-58-55-52-49-24-21-18-15-12-9-3)70(69-81-83(78,79)80-68-67-75(4,5)6)74-72(76)65-62-59-56-53-50-47-45-43-41-39-34-32-30-28-26-23-20-17-14-11-8-2/h20,23,28,30,34,39,61,64,70-71H,7-19,21-22,24-27,29,31-33,35-38,40-60,62-63,65-69H2,1-6H3,(H-,74,76,78,79)/b23-20-,30-28-,39-34-,64-61+. The van der Waals surface area contributed by atoms with Gasteiger partial charge in [-0.3, -0.25) is 14.2 Å². The third-order valence-electron chi connectivity index (χ3n) is 16.3. The highest BCUT2D eigenvalue weighted by molar-refractivity contribution is 7.45.